The highest BCUT2D eigenvalue weighted by atomic mass is 32.2. The molecule has 144 valence electrons. The zero-order chi connectivity index (χ0) is 20.4. The molecule has 0 bridgehead atoms. The second-order valence-electron chi connectivity index (χ2n) is 6.49. The third kappa shape index (κ3) is 3.64. The first-order valence-electron chi connectivity index (χ1n) is 8.93. The fraction of sp³-hybridized carbons (Fsp3) is 0.0909. The summed E-state index contributed by atoms with van der Waals surface area (Å²) in [6, 6.07) is 22.2. The molecule has 1 fully saturated rings. The summed E-state index contributed by atoms with van der Waals surface area (Å²) >= 11 is 1.35. The van der Waals surface area contributed by atoms with Crippen LogP contribution in [-0.4, -0.2) is 22.4 Å². The Morgan fingerprint density at radius 2 is 1.55 bits per heavy atom. The van der Waals surface area contributed by atoms with Gasteiger partial charge >= 0.3 is 0 Å². The lowest BCUT2D eigenvalue weighted by Gasteiger charge is -2.24. The molecule has 1 aliphatic rings. The average molecular weight is 404 g/mol. The number of ketones is 1. The first kappa shape index (κ1) is 18.9. The summed E-state index contributed by atoms with van der Waals surface area (Å²) in [4.78, 5) is 37.7. The zero-order valence-corrected chi connectivity index (χ0v) is 16.0. The van der Waals surface area contributed by atoms with Crippen LogP contribution >= 0.6 is 11.8 Å². The van der Waals surface area contributed by atoms with E-state index in [1.807, 2.05) is 6.07 Å². The van der Waals surface area contributed by atoms with E-state index in [0.717, 1.165) is 0 Å². The van der Waals surface area contributed by atoms with Gasteiger partial charge in [-0.2, -0.15) is 0 Å². The van der Waals surface area contributed by atoms with Crippen molar-refractivity contribution in [2.75, 3.05) is 10.7 Å². The van der Waals surface area contributed by atoms with Crippen LogP contribution in [0, 0.1) is 10.1 Å². The minimum atomic E-state index is -0.486. The van der Waals surface area contributed by atoms with E-state index in [4.69, 9.17) is 0 Å². The molecule has 0 aliphatic carbocycles. The number of anilines is 1. The number of benzene rings is 3. The second-order valence-corrected chi connectivity index (χ2v) is 7.55. The molecule has 1 unspecified atom stereocenters. The van der Waals surface area contributed by atoms with Gasteiger partial charge in [0.2, 0.25) is 5.91 Å². The number of carbonyl (C=O) groups is 2. The molecule has 1 saturated heterocycles. The van der Waals surface area contributed by atoms with Crippen molar-refractivity contribution in [3.05, 3.63) is 106 Å². The fourth-order valence-electron chi connectivity index (χ4n) is 3.33. The number of nitro benzene ring substituents is 1. The molecule has 1 atom stereocenters. The molecule has 7 heteroatoms. The van der Waals surface area contributed by atoms with Gasteiger partial charge in [0.15, 0.2) is 5.78 Å². The predicted molar refractivity (Wildman–Crippen MR) is 112 cm³/mol. The summed E-state index contributed by atoms with van der Waals surface area (Å²) in [7, 11) is 0. The van der Waals surface area contributed by atoms with Gasteiger partial charge in [0.1, 0.15) is 5.37 Å². The molecule has 0 aromatic heterocycles. The Labute approximate surface area is 171 Å². The number of amides is 1. The van der Waals surface area contributed by atoms with Crippen LogP contribution in [-0.2, 0) is 4.79 Å². The van der Waals surface area contributed by atoms with Crippen LogP contribution in [0.25, 0.3) is 0 Å². The van der Waals surface area contributed by atoms with Crippen LogP contribution in [0.4, 0.5) is 11.4 Å². The summed E-state index contributed by atoms with van der Waals surface area (Å²) in [5, 5.41) is 10.9. The maximum absolute atomic E-state index is 12.6. The molecule has 0 N–H and O–H groups in total. The highest BCUT2D eigenvalue weighted by Gasteiger charge is 2.37. The molecule has 1 amide bonds. The summed E-state index contributed by atoms with van der Waals surface area (Å²) in [6.07, 6.45) is 0. The predicted octanol–water partition coefficient (Wildman–Crippen LogP) is 4.60. The molecule has 0 spiro atoms. The highest BCUT2D eigenvalue weighted by Crippen LogP contribution is 2.44. The summed E-state index contributed by atoms with van der Waals surface area (Å²) < 4.78 is 0. The molecule has 3 aromatic carbocycles. The lowest BCUT2D eigenvalue weighted by atomic mass is 10.0. The normalized spacial score (nSPS) is 16.1. The molecule has 0 radical (unpaired) electrons. The van der Waals surface area contributed by atoms with Gasteiger partial charge in [-0.3, -0.25) is 24.6 Å². The summed E-state index contributed by atoms with van der Waals surface area (Å²) in [5.74, 6) is 0.0105. The Hall–Kier alpha value is -3.45. The largest absolute Gasteiger partial charge is 0.295 e. The van der Waals surface area contributed by atoms with E-state index >= 15 is 0 Å². The van der Waals surface area contributed by atoms with Crippen LogP contribution in [0.15, 0.2) is 78.9 Å². The number of hydrogen-bond donors (Lipinski definition) is 0. The van der Waals surface area contributed by atoms with Gasteiger partial charge < -0.3 is 0 Å². The number of rotatable bonds is 5. The highest BCUT2D eigenvalue weighted by molar-refractivity contribution is 8.00. The van der Waals surface area contributed by atoms with Gasteiger partial charge in [-0.05, 0) is 30.3 Å². The average Bonchev–Trinajstić information content (AvgIpc) is 3.15. The first-order chi connectivity index (χ1) is 14.1. The van der Waals surface area contributed by atoms with E-state index in [9.17, 15) is 19.7 Å². The van der Waals surface area contributed by atoms with Crippen molar-refractivity contribution < 1.29 is 14.5 Å². The van der Waals surface area contributed by atoms with Crippen molar-refractivity contribution in [2.45, 2.75) is 5.37 Å². The van der Waals surface area contributed by atoms with Crippen molar-refractivity contribution in [2.24, 2.45) is 0 Å². The van der Waals surface area contributed by atoms with Crippen molar-refractivity contribution in [1.82, 2.24) is 0 Å². The zero-order valence-electron chi connectivity index (χ0n) is 15.2. The van der Waals surface area contributed by atoms with Crippen LogP contribution in [0.3, 0.4) is 0 Å². The third-order valence-corrected chi connectivity index (χ3v) is 5.91. The van der Waals surface area contributed by atoms with Crippen LogP contribution in [0.5, 0.6) is 0 Å². The Balaban J connectivity index is 1.66. The quantitative estimate of drug-likeness (QED) is 0.353. The molecule has 0 saturated carbocycles. The maximum atomic E-state index is 12.6. The van der Waals surface area contributed by atoms with Crippen LogP contribution < -0.4 is 4.90 Å². The number of hydrogen-bond acceptors (Lipinski definition) is 5. The van der Waals surface area contributed by atoms with E-state index in [1.165, 1.54) is 17.8 Å². The number of para-hydroxylation sites is 1. The third-order valence-electron chi connectivity index (χ3n) is 4.71. The molecule has 4 rings (SSSR count). The number of thioether (sulfide) groups is 1. The lowest BCUT2D eigenvalue weighted by molar-refractivity contribution is -0.385. The SMILES string of the molecule is O=C(c1ccccc1)c1ccc(N2C(=O)CSC2c2ccccc2[N+](=O)[O-])cc1. The van der Waals surface area contributed by atoms with Crippen molar-refractivity contribution >= 4 is 34.8 Å². The standard InChI is InChI=1S/C22H16N2O4S/c25-20-14-29-22(18-8-4-5-9-19(18)24(27)28)23(20)17-12-10-16(11-13-17)21(26)15-6-2-1-3-7-15/h1-13,22H,14H2. The molecule has 1 heterocycles. The Kier molecular flexibility index (Phi) is 5.14. The Morgan fingerprint density at radius 1 is 0.931 bits per heavy atom. The van der Waals surface area contributed by atoms with Crippen LogP contribution in [0.2, 0.25) is 0 Å². The van der Waals surface area contributed by atoms with Gasteiger partial charge in [0.25, 0.3) is 5.69 Å². The molecule has 29 heavy (non-hydrogen) atoms. The topological polar surface area (TPSA) is 80.5 Å². The summed E-state index contributed by atoms with van der Waals surface area (Å²) in [6.45, 7) is 0. The maximum Gasteiger partial charge on any atom is 0.275 e. The van der Waals surface area contributed by atoms with E-state index in [1.54, 1.807) is 71.6 Å². The van der Waals surface area contributed by atoms with Crippen molar-refractivity contribution in [3.8, 4) is 0 Å². The minimum Gasteiger partial charge on any atom is -0.295 e. The molecular weight excluding hydrogens is 388 g/mol. The Morgan fingerprint density at radius 3 is 2.24 bits per heavy atom. The van der Waals surface area contributed by atoms with Gasteiger partial charge in [-0.15, -0.1) is 11.8 Å². The number of carbonyl (C=O) groups excluding carboxylic acids is 2. The van der Waals surface area contributed by atoms with E-state index in [-0.39, 0.29) is 23.1 Å². The minimum absolute atomic E-state index is 0.0134. The summed E-state index contributed by atoms with van der Waals surface area (Å²) in [5.41, 5.74) is 2.18. The Bertz CT molecular complexity index is 1080. The molecular formula is C22H16N2O4S. The second kappa shape index (κ2) is 7.89. The number of nitro groups is 1. The molecule has 3 aromatic rings. The van der Waals surface area contributed by atoms with E-state index < -0.39 is 10.3 Å². The van der Waals surface area contributed by atoms with Gasteiger partial charge in [0.05, 0.1) is 16.2 Å². The van der Waals surface area contributed by atoms with Gasteiger partial charge in [-0.25, -0.2) is 0 Å². The van der Waals surface area contributed by atoms with E-state index in [0.29, 0.717) is 22.4 Å². The van der Waals surface area contributed by atoms with Gasteiger partial charge in [0, 0.05) is 22.9 Å². The van der Waals surface area contributed by atoms with Gasteiger partial charge in [-0.1, -0.05) is 42.5 Å². The van der Waals surface area contributed by atoms with Crippen molar-refractivity contribution in [1.29, 1.82) is 0 Å². The van der Waals surface area contributed by atoms with Crippen molar-refractivity contribution in [3.63, 3.8) is 0 Å². The number of nitrogens with zero attached hydrogens (tertiary/aromatic N) is 2. The monoisotopic (exact) mass is 404 g/mol. The van der Waals surface area contributed by atoms with E-state index in [2.05, 4.69) is 0 Å². The molecule has 1 aliphatic heterocycles. The smallest absolute Gasteiger partial charge is 0.275 e. The molecule has 6 nitrogen and oxygen atoms in total. The first-order valence-corrected chi connectivity index (χ1v) is 9.98. The fourth-order valence-corrected chi connectivity index (χ4v) is 4.53. The van der Waals surface area contributed by atoms with Crippen LogP contribution in [0.1, 0.15) is 26.9 Å². The lowest BCUT2D eigenvalue weighted by Crippen LogP contribution is -2.28.